The summed E-state index contributed by atoms with van der Waals surface area (Å²) in [4.78, 5) is 12.6. The lowest BCUT2D eigenvalue weighted by atomic mass is 10.1. The van der Waals surface area contributed by atoms with Crippen molar-refractivity contribution in [2.75, 3.05) is 0 Å². The van der Waals surface area contributed by atoms with Gasteiger partial charge in [-0.3, -0.25) is 9.89 Å². The molecule has 1 aromatic carbocycles. The van der Waals surface area contributed by atoms with Crippen molar-refractivity contribution < 1.29 is 0 Å². The Bertz CT molecular complexity index is 1260. The van der Waals surface area contributed by atoms with Crippen LogP contribution in [0.5, 0.6) is 0 Å². The van der Waals surface area contributed by atoms with Gasteiger partial charge in [0, 0.05) is 29.6 Å². The Balaban J connectivity index is 1.46. The summed E-state index contributed by atoms with van der Waals surface area (Å²) in [5.41, 5.74) is 2.82. The van der Waals surface area contributed by atoms with Crippen molar-refractivity contribution >= 4 is 49.8 Å². The minimum absolute atomic E-state index is 0.0191. The van der Waals surface area contributed by atoms with Crippen molar-refractivity contribution in [2.45, 2.75) is 38.1 Å². The van der Waals surface area contributed by atoms with E-state index in [4.69, 9.17) is 11.6 Å². The molecule has 29 heavy (non-hydrogen) atoms. The van der Waals surface area contributed by atoms with Crippen LogP contribution in [-0.4, -0.2) is 25.0 Å². The minimum atomic E-state index is 0.0191. The molecule has 0 atom stereocenters. The Hall–Kier alpha value is -2.03. The molecule has 0 aliphatic heterocycles. The third-order valence-electron chi connectivity index (χ3n) is 5.41. The molecule has 1 aliphatic carbocycles. The van der Waals surface area contributed by atoms with E-state index in [0.717, 1.165) is 44.9 Å². The van der Waals surface area contributed by atoms with Gasteiger partial charge in [0.1, 0.15) is 10.0 Å². The second-order valence-corrected chi connectivity index (χ2v) is 9.57. The number of H-pyrrole nitrogens is 1. The molecule has 0 radical (unpaired) electrons. The van der Waals surface area contributed by atoms with Gasteiger partial charge in [0.15, 0.2) is 0 Å². The molecule has 1 N–H and O–H groups in total. The van der Waals surface area contributed by atoms with Crippen molar-refractivity contribution in [3.63, 3.8) is 0 Å². The molecule has 0 spiro atoms. The number of pyridine rings is 1. The van der Waals surface area contributed by atoms with Gasteiger partial charge in [0.2, 0.25) is 0 Å². The van der Waals surface area contributed by atoms with Crippen LogP contribution in [0.2, 0.25) is 5.02 Å². The molecule has 0 saturated heterocycles. The molecule has 148 valence electrons. The van der Waals surface area contributed by atoms with Crippen molar-refractivity contribution in [3.8, 4) is 10.6 Å². The smallest absolute Gasteiger partial charge is 0.265 e. The van der Waals surface area contributed by atoms with Gasteiger partial charge >= 0.3 is 0 Å². The zero-order valence-electron chi connectivity index (χ0n) is 15.4. The third-order valence-corrected chi connectivity index (χ3v) is 7.40. The summed E-state index contributed by atoms with van der Waals surface area (Å²) in [6.45, 7) is 0. The lowest BCUT2D eigenvalue weighted by molar-refractivity contribution is 0.501. The predicted octanol–water partition coefficient (Wildman–Crippen LogP) is 5.36. The van der Waals surface area contributed by atoms with Crippen LogP contribution in [0.1, 0.15) is 42.3 Å². The predicted molar refractivity (Wildman–Crippen MR) is 119 cm³/mol. The van der Waals surface area contributed by atoms with E-state index in [1.807, 2.05) is 29.0 Å². The number of hydrogen-bond donors (Lipinski definition) is 1. The summed E-state index contributed by atoms with van der Waals surface area (Å²) in [7, 11) is 0. The first-order valence-electron chi connectivity index (χ1n) is 9.45. The Morgan fingerprint density at radius 2 is 2.10 bits per heavy atom. The number of aromatic amines is 1. The lowest BCUT2D eigenvalue weighted by Gasteiger charge is -2.14. The normalized spacial score (nSPS) is 14.8. The van der Waals surface area contributed by atoms with Gasteiger partial charge in [0.25, 0.3) is 5.56 Å². The van der Waals surface area contributed by atoms with Gasteiger partial charge in [-0.1, -0.05) is 41.8 Å². The standard InChI is InChI=1S/C20H17BrClN5OS/c21-15-7-12(10-27(20(15)28)13-3-1-2-4-13)19-26-25-17(29-19)8-11-5-6-16-14(18(11)22)9-23-24-16/h5-7,9-10,13H,1-4,8H2,(H,23,24). The van der Waals surface area contributed by atoms with Crippen molar-refractivity contribution in [1.29, 1.82) is 0 Å². The van der Waals surface area contributed by atoms with Crippen molar-refractivity contribution in [2.24, 2.45) is 0 Å². The Morgan fingerprint density at radius 3 is 2.93 bits per heavy atom. The molecule has 0 amide bonds. The van der Waals surface area contributed by atoms with Gasteiger partial charge in [-0.2, -0.15) is 5.10 Å². The number of halogens is 2. The Kier molecular flexibility index (Phi) is 5.01. The quantitative estimate of drug-likeness (QED) is 0.417. The molecule has 0 bridgehead atoms. The van der Waals surface area contributed by atoms with Crippen LogP contribution >= 0.6 is 38.9 Å². The number of aromatic nitrogens is 5. The molecule has 6 nitrogen and oxygen atoms in total. The van der Waals surface area contributed by atoms with Gasteiger partial charge in [0.05, 0.1) is 21.2 Å². The third kappa shape index (κ3) is 3.53. The van der Waals surface area contributed by atoms with E-state index in [1.54, 1.807) is 6.20 Å². The van der Waals surface area contributed by atoms with Crippen LogP contribution in [-0.2, 0) is 6.42 Å². The average molecular weight is 491 g/mol. The van der Waals surface area contributed by atoms with E-state index < -0.39 is 0 Å². The van der Waals surface area contributed by atoms with Crippen LogP contribution in [0.15, 0.2) is 39.9 Å². The van der Waals surface area contributed by atoms with Crippen molar-refractivity contribution in [3.05, 3.63) is 61.0 Å². The largest absolute Gasteiger partial charge is 0.311 e. The highest BCUT2D eigenvalue weighted by Gasteiger charge is 2.20. The number of nitrogens with one attached hydrogen (secondary N) is 1. The monoisotopic (exact) mass is 489 g/mol. The highest BCUT2D eigenvalue weighted by molar-refractivity contribution is 9.10. The minimum Gasteiger partial charge on any atom is -0.311 e. The highest BCUT2D eigenvalue weighted by Crippen LogP contribution is 2.33. The summed E-state index contributed by atoms with van der Waals surface area (Å²) in [5.74, 6) is 0. The van der Waals surface area contributed by atoms with Crippen LogP contribution in [0.25, 0.3) is 21.5 Å². The molecule has 1 saturated carbocycles. The maximum atomic E-state index is 12.6. The molecule has 3 heterocycles. The van der Waals surface area contributed by atoms with E-state index in [0.29, 0.717) is 15.9 Å². The fraction of sp³-hybridized carbons (Fsp3) is 0.300. The van der Waals surface area contributed by atoms with E-state index in [-0.39, 0.29) is 11.6 Å². The van der Waals surface area contributed by atoms with Crippen molar-refractivity contribution in [1.82, 2.24) is 25.0 Å². The van der Waals surface area contributed by atoms with Crippen LogP contribution in [0, 0.1) is 0 Å². The topological polar surface area (TPSA) is 76.5 Å². The van der Waals surface area contributed by atoms with Gasteiger partial charge in [-0.05, 0) is 46.5 Å². The molecular weight excluding hydrogens is 474 g/mol. The number of nitrogens with zero attached hydrogens (tertiary/aromatic N) is 4. The first-order valence-corrected chi connectivity index (χ1v) is 11.4. The first-order chi connectivity index (χ1) is 14.1. The number of hydrogen-bond acceptors (Lipinski definition) is 5. The molecule has 3 aromatic heterocycles. The van der Waals surface area contributed by atoms with Gasteiger partial charge < -0.3 is 4.57 Å². The van der Waals surface area contributed by atoms with E-state index in [2.05, 4.69) is 36.3 Å². The van der Waals surface area contributed by atoms with E-state index in [9.17, 15) is 4.79 Å². The Morgan fingerprint density at radius 1 is 1.28 bits per heavy atom. The molecular formula is C20H17BrClN5OS. The number of rotatable bonds is 4. The Labute approximate surface area is 184 Å². The molecule has 5 rings (SSSR count). The summed E-state index contributed by atoms with van der Waals surface area (Å²) in [5, 5.41) is 19.0. The molecule has 0 unspecified atom stereocenters. The summed E-state index contributed by atoms with van der Waals surface area (Å²) >= 11 is 11.5. The summed E-state index contributed by atoms with van der Waals surface area (Å²) in [6, 6.07) is 6.07. The zero-order valence-corrected chi connectivity index (χ0v) is 18.5. The zero-order chi connectivity index (χ0) is 20.0. The molecule has 1 aliphatic rings. The highest BCUT2D eigenvalue weighted by atomic mass is 79.9. The SMILES string of the molecule is O=c1c(Br)cc(-c2nnc(Cc3ccc4[nH]ncc4c3Cl)s2)cn1C1CCCC1. The van der Waals surface area contributed by atoms with Gasteiger partial charge in [-0.25, -0.2) is 0 Å². The van der Waals surface area contributed by atoms with E-state index in [1.165, 1.54) is 24.2 Å². The van der Waals surface area contributed by atoms with E-state index >= 15 is 0 Å². The van der Waals surface area contributed by atoms with Crippen LogP contribution in [0.3, 0.4) is 0 Å². The number of benzene rings is 1. The second-order valence-electron chi connectivity index (χ2n) is 7.28. The maximum Gasteiger partial charge on any atom is 0.265 e. The lowest BCUT2D eigenvalue weighted by Crippen LogP contribution is -2.23. The average Bonchev–Trinajstić information content (AvgIpc) is 3.47. The molecule has 9 heteroatoms. The summed E-state index contributed by atoms with van der Waals surface area (Å²) in [6.07, 6.45) is 8.70. The second kappa shape index (κ2) is 7.66. The van der Waals surface area contributed by atoms with Gasteiger partial charge in [-0.15, -0.1) is 10.2 Å². The fourth-order valence-electron chi connectivity index (χ4n) is 3.91. The molecule has 1 fully saturated rings. The van der Waals surface area contributed by atoms with Crippen LogP contribution < -0.4 is 5.56 Å². The fourth-order valence-corrected chi connectivity index (χ4v) is 5.48. The summed E-state index contributed by atoms with van der Waals surface area (Å²) < 4.78 is 2.42. The first kappa shape index (κ1) is 19.0. The molecule has 4 aromatic rings. The van der Waals surface area contributed by atoms with Crippen LogP contribution in [0.4, 0.5) is 0 Å². The number of fused-ring (bicyclic) bond motifs is 1. The maximum absolute atomic E-state index is 12.6.